The van der Waals surface area contributed by atoms with Gasteiger partial charge in [-0.1, -0.05) is 0 Å². The van der Waals surface area contributed by atoms with E-state index < -0.39 is 6.10 Å². The van der Waals surface area contributed by atoms with Gasteiger partial charge < -0.3 is 20.7 Å². The number of likely N-dealkylation sites (tertiary alicyclic amines) is 1. The lowest BCUT2D eigenvalue weighted by molar-refractivity contribution is -0.147. The Morgan fingerprint density at radius 1 is 1.19 bits per heavy atom. The Kier molecular flexibility index (Phi) is 5.46. The van der Waals surface area contributed by atoms with Crippen molar-refractivity contribution in [3.63, 3.8) is 0 Å². The summed E-state index contributed by atoms with van der Waals surface area (Å²) in [6, 6.07) is 0.0352. The van der Waals surface area contributed by atoms with Gasteiger partial charge >= 0.3 is 0 Å². The summed E-state index contributed by atoms with van der Waals surface area (Å²) < 4.78 is 5.66. The van der Waals surface area contributed by atoms with E-state index in [1.54, 1.807) is 4.90 Å². The van der Waals surface area contributed by atoms with E-state index >= 15 is 0 Å². The number of halogens is 1. The van der Waals surface area contributed by atoms with Crippen molar-refractivity contribution in [3.8, 4) is 0 Å². The molecular formula is C14H24ClN3O3. The summed E-state index contributed by atoms with van der Waals surface area (Å²) in [7, 11) is 0. The van der Waals surface area contributed by atoms with Crippen LogP contribution >= 0.6 is 12.4 Å². The monoisotopic (exact) mass is 317 g/mol. The molecule has 120 valence electrons. The number of ether oxygens (including phenoxy) is 1. The summed E-state index contributed by atoms with van der Waals surface area (Å²) in [5.74, 6) is -0.0267. The molecule has 2 amide bonds. The molecule has 3 rings (SSSR count). The summed E-state index contributed by atoms with van der Waals surface area (Å²) in [6.45, 7) is 1.12. The lowest BCUT2D eigenvalue weighted by Gasteiger charge is -2.26. The molecule has 2 heterocycles. The number of rotatable bonds is 4. The summed E-state index contributed by atoms with van der Waals surface area (Å²) >= 11 is 0. The van der Waals surface area contributed by atoms with Crippen molar-refractivity contribution in [3.05, 3.63) is 0 Å². The normalized spacial score (nSPS) is 31.9. The number of nitrogens with zero attached hydrogens (tertiary/aromatic N) is 1. The predicted octanol–water partition coefficient (Wildman–Crippen LogP) is 0.184. The fourth-order valence-electron chi connectivity index (χ4n) is 3.07. The molecule has 1 aliphatic carbocycles. The van der Waals surface area contributed by atoms with Crippen LogP contribution in [0.5, 0.6) is 0 Å². The SMILES string of the molecule is Cl.NC[C@H]1CC[C@@H](C(=O)N2CCCC2C(=O)NC2CC2)O1. The number of amides is 2. The van der Waals surface area contributed by atoms with Gasteiger partial charge in [-0.15, -0.1) is 12.4 Å². The standard InChI is InChI=1S/C14H23N3O3.ClH/c15-8-10-5-6-12(20-10)14(19)17-7-1-2-11(17)13(18)16-9-3-4-9;/h9-12H,1-8,15H2,(H,16,18);1H/t10-,11?,12+;/m1./s1. The molecule has 0 bridgehead atoms. The quantitative estimate of drug-likeness (QED) is 0.775. The molecule has 0 aromatic heterocycles. The predicted molar refractivity (Wildman–Crippen MR) is 80.1 cm³/mol. The van der Waals surface area contributed by atoms with E-state index in [9.17, 15) is 9.59 Å². The van der Waals surface area contributed by atoms with Crippen LogP contribution in [-0.4, -0.2) is 54.1 Å². The maximum atomic E-state index is 12.5. The lowest BCUT2D eigenvalue weighted by Crippen LogP contribution is -2.49. The molecule has 3 aliphatic rings. The van der Waals surface area contributed by atoms with Gasteiger partial charge in [0.2, 0.25) is 5.91 Å². The zero-order chi connectivity index (χ0) is 14.1. The van der Waals surface area contributed by atoms with Crippen LogP contribution in [0.15, 0.2) is 0 Å². The largest absolute Gasteiger partial charge is 0.364 e. The van der Waals surface area contributed by atoms with Crippen LogP contribution in [0.25, 0.3) is 0 Å². The maximum absolute atomic E-state index is 12.5. The molecule has 1 saturated carbocycles. The Hall–Kier alpha value is -0.850. The van der Waals surface area contributed by atoms with Crippen molar-refractivity contribution in [2.45, 2.75) is 62.8 Å². The second kappa shape index (κ2) is 6.94. The molecule has 0 aromatic carbocycles. The Morgan fingerprint density at radius 2 is 1.95 bits per heavy atom. The molecule has 3 atom stereocenters. The third-order valence-corrected chi connectivity index (χ3v) is 4.41. The molecular weight excluding hydrogens is 294 g/mol. The third kappa shape index (κ3) is 3.67. The molecule has 0 radical (unpaired) electrons. The molecule has 0 aromatic rings. The first kappa shape index (κ1) is 16.5. The van der Waals surface area contributed by atoms with Gasteiger partial charge in [-0.2, -0.15) is 0 Å². The Bertz CT molecular complexity index is 403. The number of carbonyl (C=O) groups excluding carboxylic acids is 2. The van der Waals surface area contributed by atoms with E-state index in [2.05, 4.69) is 5.32 Å². The maximum Gasteiger partial charge on any atom is 0.252 e. The molecule has 0 spiro atoms. The van der Waals surface area contributed by atoms with Gasteiger partial charge in [-0.25, -0.2) is 0 Å². The Morgan fingerprint density at radius 3 is 2.57 bits per heavy atom. The molecule has 21 heavy (non-hydrogen) atoms. The zero-order valence-corrected chi connectivity index (χ0v) is 12.9. The Labute approximate surface area is 131 Å². The van der Waals surface area contributed by atoms with Crippen molar-refractivity contribution < 1.29 is 14.3 Å². The molecule has 1 unspecified atom stereocenters. The van der Waals surface area contributed by atoms with Crippen molar-refractivity contribution in [1.29, 1.82) is 0 Å². The van der Waals surface area contributed by atoms with E-state index in [1.807, 2.05) is 0 Å². The van der Waals surface area contributed by atoms with E-state index in [4.69, 9.17) is 10.5 Å². The second-order valence-corrected chi connectivity index (χ2v) is 6.03. The summed E-state index contributed by atoms with van der Waals surface area (Å²) in [4.78, 5) is 26.4. The van der Waals surface area contributed by atoms with Crippen LogP contribution in [0, 0.1) is 0 Å². The molecule has 2 aliphatic heterocycles. The Balaban J connectivity index is 0.00000161. The van der Waals surface area contributed by atoms with E-state index in [1.165, 1.54) is 0 Å². The average Bonchev–Trinajstić information content (AvgIpc) is 2.99. The first-order chi connectivity index (χ1) is 9.69. The lowest BCUT2D eigenvalue weighted by atomic mass is 10.1. The van der Waals surface area contributed by atoms with Gasteiger partial charge in [0.25, 0.3) is 5.91 Å². The molecule has 3 fully saturated rings. The first-order valence-corrected chi connectivity index (χ1v) is 7.65. The van der Waals surface area contributed by atoms with Crippen molar-refractivity contribution in [2.24, 2.45) is 5.73 Å². The molecule has 2 saturated heterocycles. The summed E-state index contributed by atoms with van der Waals surface area (Å²) in [6.07, 6.45) is 4.92. The number of carbonyl (C=O) groups is 2. The van der Waals surface area contributed by atoms with Gasteiger partial charge in [0, 0.05) is 19.1 Å². The van der Waals surface area contributed by atoms with Gasteiger partial charge in [0.1, 0.15) is 12.1 Å². The minimum Gasteiger partial charge on any atom is -0.364 e. The van der Waals surface area contributed by atoms with Crippen LogP contribution in [0.4, 0.5) is 0 Å². The van der Waals surface area contributed by atoms with Crippen molar-refractivity contribution in [1.82, 2.24) is 10.2 Å². The third-order valence-electron chi connectivity index (χ3n) is 4.41. The van der Waals surface area contributed by atoms with Crippen LogP contribution in [-0.2, 0) is 14.3 Å². The fraction of sp³-hybridized carbons (Fsp3) is 0.857. The molecule has 7 heteroatoms. The summed E-state index contributed by atoms with van der Waals surface area (Å²) in [5, 5.41) is 3.00. The van der Waals surface area contributed by atoms with Crippen molar-refractivity contribution >= 4 is 24.2 Å². The van der Waals surface area contributed by atoms with Gasteiger partial charge in [-0.05, 0) is 38.5 Å². The fourth-order valence-corrected chi connectivity index (χ4v) is 3.07. The topological polar surface area (TPSA) is 84.7 Å². The average molecular weight is 318 g/mol. The highest BCUT2D eigenvalue weighted by molar-refractivity contribution is 5.90. The number of hydrogen-bond donors (Lipinski definition) is 2. The number of nitrogens with two attached hydrogens (primary N) is 1. The minimum absolute atomic E-state index is 0. The highest BCUT2D eigenvalue weighted by atomic mass is 35.5. The first-order valence-electron chi connectivity index (χ1n) is 7.65. The van der Waals surface area contributed by atoms with Crippen molar-refractivity contribution in [2.75, 3.05) is 13.1 Å². The van der Waals surface area contributed by atoms with Gasteiger partial charge in [-0.3, -0.25) is 9.59 Å². The van der Waals surface area contributed by atoms with E-state index in [0.29, 0.717) is 25.6 Å². The molecule has 6 nitrogen and oxygen atoms in total. The minimum atomic E-state index is -0.405. The van der Waals surface area contributed by atoms with Crippen LogP contribution < -0.4 is 11.1 Å². The number of hydrogen-bond acceptors (Lipinski definition) is 4. The van der Waals surface area contributed by atoms with Crippen LogP contribution in [0.2, 0.25) is 0 Å². The zero-order valence-electron chi connectivity index (χ0n) is 12.1. The highest BCUT2D eigenvalue weighted by Crippen LogP contribution is 2.26. The number of nitrogens with one attached hydrogen (secondary N) is 1. The summed E-state index contributed by atoms with van der Waals surface area (Å²) in [5.41, 5.74) is 5.57. The van der Waals surface area contributed by atoms with Gasteiger partial charge in [0.15, 0.2) is 0 Å². The molecule has 3 N–H and O–H groups in total. The van der Waals surface area contributed by atoms with Crippen LogP contribution in [0.3, 0.4) is 0 Å². The van der Waals surface area contributed by atoms with Crippen LogP contribution in [0.1, 0.15) is 38.5 Å². The second-order valence-electron chi connectivity index (χ2n) is 6.03. The highest BCUT2D eigenvalue weighted by Gasteiger charge is 2.41. The van der Waals surface area contributed by atoms with Gasteiger partial charge in [0.05, 0.1) is 6.10 Å². The van der Waals surface area contributed by atoms with E-state index in [0.717, 1.165) is 32.1 Å². The smallest absolute Gasteiger partial charge is 0.252 e. The van der Waals surface area contributed by atoms with E-state index in [-0.39, 0.29) is 36.4 Å².